The van der Waals surface area contributed by atoms with Crippen LogP contribution in [0.4, 0.5) is 4.39 Å². The Morgan fingerprint density at radius 3 is 2.79 bits per heavy atom. The van der Waals surface area contributed by atoms with Crippen molar-refractivity contribution in [3.8, 4) is 0 Å². The Labute approximate surface area is 92.8 Å². The molecule has 0 atom stereocenters. The van der Waals surface area contributed by atoms with Crippen LogP contribution in [0.15, 0.2) is 22.7 Å². The molecule has 0 fully saturated rings. The number of nitrogens with one attached hydrogen (secondary N) is 1. The van der Waals surface area contributed by atoms with Crippen LogP contribution in [-0.4, -0.2) is 12.6 Å². The van der Waals surface area contributed by atoms with Gasteiger partial charge in [0.25, 0.3) is 0 Å². The Balaban J connectivity index is 2.53. The van der Waals surface area contributed by atoms with Gasteiger partial charge in [-0.2, -0.15) is 0 Å². The first-order valence-electron chi connectivity index (χ1n) is 4.77. The maximum atomic E-state index is 13.2. The monoisotopic (exact) mass is 259 g/mol. The van der Waals surface area contributed by atoms with Crippen LogP contribution < -0.4 is 5.32 Å². The fraction of sp³-hybridized carbons (Fsp3) is 0.455. The molecule has 0 aliphatic heterocycles. The van der Waals surface area contributed by atoms with Gasteiger partial charge in [0.2, 0.25) is 0 Å². The minimum absolute atomic E-state index is 0.126. The molecule has 14 heavy (non-hydrogen) atoms. The topological polar surface area (TPSA) is 12.0 Å². The molecule has 0 spiro atoms. The van der Waals surface area contributed by atoms with Gasteiger partial charge in [-0.25, -0.2) is 4.39 Å². The van der Waals surface area contributed by atoms with E-state index in [-0.39, 0.29) is 5.82 Å². The lowest BCUT2D eigenvalue weighted by Crippen LogP contribution is -2.25. The first kappa shape index (κ1) is 11.7. The summed E-state index contributed by atoms with van der Waals surface area (Å²) >= 11 is 3.33. The smallest absolute Gasteiger partial charge is 0.126 e. The van der Waals surface area contributed by atoms with Crippen molar-refractivity contribution >= 4 is 15.9 Å². The van der Waals surface area contributed by atoms with E-state index < -0.39 is 0 Å². The Morgan fingerprint density at radius 1 is 1.43 bits per heavy atom. The molecule has 0 amide bonds. The van der Waals surface area contributed by atoms with E-state index in [0.717, 1.165) is 23.0 Å². The lowest BCUT2D eigenvalue weighted by molar-refractivity contribution is 0.568. The second-order valence-corrected chi connectivity index (χ2v) is 4.51. The van der Waals surface area contributed by atoms with Crippen LogP contribution in [0.25, 0.3) is 0 Å². The van der Waals surface area contributed by atoms with Crippen LogP contribution >= 0.6 is 15.9 Å². The van der Waals surface area contributed by atoms with Crippen molar-refractivity contribution in [2.45, 2.75) is 26.3 Å². The summed E-state index contributed by atoms with van der Waals surface area (Å²) in [5.41, 5.74) is 0.757. The molecule has 0 aromatic heterocycles. The summed E-state index contributed by atoms with van der Waals surface area (Å²) in [6.07, 6.45) is 0.726. The van der Waals surface area contributed by atoms with E-state index >= 15 is 0 Å². The van der Waals surface area contributed by atoms with Crippen LogP contribution in [0.3, 0.4) is 0 Å². The van der Waals surface area contributed by atoms with Gasteiger partial charge in [0.05, 0.1) is 0 Å². The fourth-order valence-corrected chi connectivity index (χ4v) is 1.64. The third-order valence-electron chi connectivity index (χ3n) is 1.95. The first-order chi connectivity index (χ1) is 6.59. The van der Waals surface area contributed by atoms with Gasteiger partial charge in [0, 0.05) is 10.5 Å². The van der Waals surface area contributed by atoms with Crippen molar-refractivity contribution in [2.24, 2.45) is 0 Å². The minimum Gasteiger partial charge on any atom is -0.314 e. The Bertz CT molecular complexity index is 299. The van der Waals surface area contributed by atoms with Gasteiger partial charge in [-0.05, 0) is 36.7 Å². The largest absolute Gasteiger partial charge is 0.314 e. The Hall–Kier alpha value is -0.410. The van der Waals surface area contributed by atoms with Crippen molar-refractivity contribution < 1.29 is 4.39 Å². The molecule has 1 N–H and O–H groups in total. The second kappa shape index (κ2) is 5.47. The Kier molecular flexibility index (Phi) is 4.55. The number of halogens is 2. The van der Waals surface area contributed by atoms with Gasteiger partial charge in [0.1, 0.15) is 5.82 Å². The highest BCUT2D eigenvalue weighted by Gasteiger charge is 2.02. The van der Waals surface area contributed by atoms with Crippen LogP contribution in [0.5, 0.6) is 0 Å². The number of rotatable bonds is 4. The van der Waals surface area contributed by atoms with E-state index in [1.165, 1.54) is 6.07 Å². The van der Waals surface area contributed by atoms with Gasteiger partial charge in [-0.15, -0.1) is 0 Å². The SMILES string of the molecule is CC(C)NCCc1cc(Br)ccc1F. The van der Waals surface area contributed by atoms with Crippen molar-refractivity contribution in [3.05, 3.63) is 34.1 Å². The van der Waals surface area contributed by atoms with Gasteiger partial charge in [-0.1, -0.05) is 29.8 Å². The number of benzene rings is 1. The number of hydrogen-bond acceptors (Lipinski definition) is 1. The molecule has 1 aromatic rings. The third-order valence-corrected chi connectivity index (χ3v) is 2.45. The van der Waals surface area contributed by atoms with Crippen molar-refractivity contribution in [1.82, 2.24) is 5.32 Å². The van der Waals surface area contributed by atoms with Crippen molar-refractivity contribution in [3.63, 3.8) is 0 Å². The highest BCUT2D eigenvalue weighted by molar-refractivity contribution is 9.10. The molecule has 0 saturated heterocycles. The molecule has 1 nitrogen and oxygen atoms in total. The maximum Gasteiger partial charge on any atom is 0.126 e. The molecule has 0 aliphatic rings. The zero-order chi connectivity index (χ0) is 10.6. The molecule has 0 radical (unpaired) electrons. The molecular weight excluding hydrogens is 245 g/mol. The Morgan fingerprint density at radius 2 is 2.14 bits per heavy atom. The molecule has 0 aliphatic carbocycles. The predicted molar refractivity (Wildman–Crippen MR) is 60.9 cm³/mol. The number of hydrogen-bond donors (Lipinski definition) is 1. The summed E-state index contributed by atoms with van der Waals surface area (Å²) in [5.74, 6) is -0.126. The first-order valence-corrected chi connectivity index (χ1v) is 5.56. The molecule has 0 bridgehead atoms. The predicted octanol–water partition coefficient (Wildman–Crippen LogP) is 3.13. The van der Waals surface area contributed by atoms with Crippen LogP contribution in [0, 0.1) is 5.82 Å². The average Bonchev–Trinajstić information content (AvgIpc) is 2.10. The normalized spacial score (nSPS) is 10.9. The summed E-state index contributed by atoms with van der Waals surface area (Å²) < 4.78 is 14.2. The van der Waals surface area contributed by atoms with E-state index in [1.54, 1.807) is 6.07 Å². The molecule has 78 valence electrons. The minimum atomic E-state index is -0.126. The molecule has 1 rings (SSSR count). The van der Waals surface area contributed by atoms with E-state index in [9.17, 15) is 4.39 Å². The molecular formula is C11H15BrFN. The summed E-state index contributed by atoms with van der Waals surface area (Å²) in [5, 5.41) is 3.26. The van der Waals surface area contributed by atoms with E-state index in [4.69, 9.17) is 0 Å². The molecule has 3 heteroatoms. The lowest BCUT2D eigenvalue weighted by atomic mass is 10.1. The van der Waals surface area contributed by atoms with E-state index in [2.05, 4.69) is 35.1 Å². The van der Waals surface area contributed by atoms with Crippen molar-refractivity contribution in [2.75, 3.05) is 6.54 Å². The van der Waals surface area contributed by atoms with Crippen LogP contribution in [-0.2, 0) is 6.42 Å². The third kappa shape index (κ3) is 3.76. The van der Waals surface area contributed by atoms with Crippen molar-refractivity contribution in [1.29, 1.82) is 0 Å². The maximum absolute atomic E-state index is 13.2. The quantitative estimate of drug-likeness (QED) is 0.877. The second-order valence-electron chi connectivity index (χ2n) is 3.59. The van der Waals surface area contributed by atoms with Gasteiger partial charge < -0.3 is 5.32 Å². The average molecular weight is 260 g/mol. The summed E-state index contributed by atoms with van der Waals surface area (Å²) in [6, 6.07) is 5.49. The summed E-state index contributed by atoms with van der Waals surface area (Å²) in [4.78, 5) is 0. The molecule has 0 saturated carbocycles. The standard InChI is InChI=1S/C11H15BrFN/c1-8(2)14-6-5-9-7-10(12)3-4-11(9)13/h3-4,7-8,14H,5-6H2,1-2H3. The fourth-order valence-electron chi connectivity index (χ4n) is 1.23. The lowest BCUT2D eigenvalue weighted by Gasteiger charge is -2.08. The van der Waals surface area contributed by atoms with Gasteiger partial charge in [-0.3, -0.25) is 0 Å². The summed E-state index contributed by atoms with van der Waals surface area (Å²) in [6.45, 7) is 4.97. The van der Waals surface area contributed by atoms with E-state index in [1.807, 2.05) is 6.07 Å². The highest BCUT2D eigenvalue weighted by Crippen LogP contribution is 2.15. The highest BCUT2D eigenvalue weighted by atomic mass is 79.9. The zero-order valence-electron chi connectivity index (χ0n) is 8.48. The zero-order valence-corrected chi connectivity index (χ0v) is 10.1. The van der Waals surface area contributed by atoms with Gasteiger partial charge in [0.15, 0.2) is 0 Å². The molecule has 1 aromatic carbocycles. The van der Waals surface area contributed by atoms with Gasteiger partial charge >= 0.3 is 0 Å². The van der Waals surface area contributed by atoms with Crippen LogP contribution in [0.2, 0.25) is 0 Å². The molecule has 0 heterocycles. The van der Waals surface area contributed by atoms with Crippen LogP contribution in [0.1, 0.15) is 19.4 Å². The summed E-state index contributed by atoms with van der Waals surface area (Å²) in [7, 11) is 0. The van der Waals surface area contributed by atoms with E-state index in [0.29, 0.717) is 6.04 Å². The molecule has 0 unspecified atom stereocenters.